The molecule has 0 saturated heterocycles. The van der Waals surface area contributed by atoms with E-state index in [2.05, 4.69) is 21.4 Å². The lowest BCUT2D eigenvalue weighted by atomic mass is 10.0. The topological polar surface area (TPSA) is 76.9 Å². The standard InChI is InChI=1S/C22H20N4O2S/c1-13-7-8-16(15(3)9-13)18-11-29-22(24-18)25-19(27)10-26-12-23-20-14(2)5-4-6-17(20)21(26)28/h4-9,11-12H,10H2,1-3H3,(H,24,25,27). The number of carbonyl (C=O) groups excluding carboxylic acids is 1. The molecule has 29 heavy (non-hydrogen) atoms. The Balaban J connectivity index is 1.52. The number of fused-ring (bicyclic) bond motifs is 1. The van der Waals surface area contributed by atoms with Crippen LogP contribution in [0.4, 0.5) is 5.13 Å². The number of para-hydroxylation sites is 1. The lowest BCUT2D eigenvalue weighted by Gasteiger charge is -2.07. The summed E-state index contributed by atoms with van der Waals surface area (Å²) in [4.78, 5) is 34.0. The van der Waals surface area contributed by atoms with Crippen molar-refractivity contribution < 1.29 is 4.79 Å². The first-order chi connectivity index (χ1) is 13.9. The highest BCUT2D eigenvalue weighted by Crippen LogP contribution is 2.28. The lowest BCUT2D eigenvalue weighted by molar-refractivity contribution is -0.116. The van der Waals surface area contributed by atoms with Crippen LogP contribution in [0, 0.1) is 20.8 Å². The van der Waals surface area contributed by atoms with E-state index in [1.54, 1.807) is 6.07 Å². The van der Waals surface area contributed by atoms with Crippen LogP contribution >= 0.6 is 11.3 Å². The van der Waals surface area contributed by atoms with E-state index in [9.17, 15) is 9.59 Å². The Hall–Kier alpha value is -3.32. The van der Waals surface area contributed by atoms with Crippen molar-refractivity contribution >= 4 is 33.3 Å². The van der Waals surface area contributed by atoms with Gasteiger partial charge in [-0.05, 0) is 38.0 Å². The molecule has 1 amide bonds. The van der Waals surface area contributed by atoms with Crippen molar-refractivity contribution in [3.05, 3.63) is 75.1 Å². The maximum absolute atomic E-state index is 12.7. The Morgan fingerprint density at radius 1 is 1.14 bits per heavy atom. The highest BCUT2D eigenvalue weighted by atomic mass is 32.1. The zero-order chi connectivity index (χ0) is 20.5. The zero-order valence-electron chi connectivity index (χ0n) is 16.4. The van der Waals surface area contributed by atoms with E-state index in [0.717, 1.165) is 22.4 Å². The molecule has 0 aliphatic rings. The van der Waals surface area contributed by atoms with Gasteiger partial charge in [0.15, 0.2) is 5.13 Å². The second-order valence-corrected chi connectivity index (χ2v) is 7.91. The summed E-state index contributed by atoms with van der Waals surface area (Å²) < 4.78 is 1.32. The molecule has 146 valence electrons. The molecule has 0 unspecified atom stereocenters. The number of aryl methyl sites for hydroxylation is 3. The second-order valence-electron chi connectivity index (χ2n) is 7.05. The van der Waals surface area contributed by atoms with E-state index >= 15 is 0 Å². The monoisotopic (exact) mass is 404 g/mol. The minimum absolute atomic E-state index is 0.117. The number of nitrogens with zero attached hydrogens (tertiary/aromatic N) is 3. The summed E-state index contributed by atoms with van der Waals surface area (Å²) in [6.07, 6.45) is 1.42. The Morgan fingerprint density at radius 2 is 1.97 bits per heavy atom. The molecule has 6 nitrogen and oxygen atoms in total. The summed E-state index contributed by atoms with van der Waals surface area (Å²) in [6, 6.07) is 11.6. The normalized spacial score (nSPS) is 11.0. The quantitative estimate of drug-likeness (QED) is 0.556. The summed E-state index contributed by atoms with van der Waals surface area (Å²) in [5.74, 6) is -0.317. The molecular formula is C22H20N4O2S. The number of rotatable bonds is 4. The van der Waals surface area contributed by atoms with Crippen molar-refractivity contribution in [2.24, 2.45) is 0 Å². The third-order valence-corrected chi connectivity index (χ3v) is 5.54. The summed E-state index contributed by atoms with van der Waals surface area (Å²) >= 11 is 1.36. The van der Waals surface area contributed by atoms with Crippen molar-refractivity contribution in [2.75, 3.05) is 5.32 Å². The summed E-state index contributed by atoms with van der Waals surface area (Å²) in [6.45, 7) is 5.88. The van der Waals surface area contributed by atoms with Crippen LogP contribution < -0.4 is 10.9 Å². The Morgan fingerprint density at radius 3 is 2.76 bits per heavy atom. The molecule has 0 bridgehead atoms. The summed E-state index contributed by atoms with van der Waals surface area (Å²) in [5, 5.41) is 5.70. The molecule has 1 N–H and O–H groups in total. The molecule has 0 saturated carbocycles. The Bertz CT molecular complexity index is 1290. The molecule has 4 rings (SSSR count). The van der Waals surface area contributed by atoms with Gasteiger partial charge in [-0.3, -0.25) is 14.2 Å². The summed E-state index contributed by atoms with van der Waals surface area (Å²) in [7, 11) is 0. The molecule has 2 heterocycles. The molecule has 0 aliphatic carbocycles. The van der Waals surface area contributed by atoms with E-state index in [4.69, 9.17) is 0 Å². The molecule has 2 aromatic heterocycles. The lowest BCUT2D eigenvalue weighted by Crippen LogP contribution is -2.28. The van der Waals surface area contributed by atoms with Gasteiger partial charge < -0.3 is 5.32 Å². The number of nitrogens with one attached hydrogen (secondary N) is 1. The number of carbonyl (C=O) groups is 1. The zero-order valence-corrected chi connectivity index (χ0v) is 17.2. The largest absolute Gasteiger partial charge is 0.300 e. The van der Waals surface area contributed by atoms with Gasteiger partial charge in [0, 0.05) is 10.9 Å². The molecule has 0 spiro atoms. The minimum Gasteiger partial charge on any atom is -0.300 e. The van der Waals surface area contributed by atoms with Crippen LogP contribution in [0.5, 0.6) is 0 Å². The van der Waals surface area contributed by atoms with Crippen LogP contribution in [0.15, 0.2) is 52.9 Å². The highest BCUT2D eigenvalue weighted by Gasteiger charge is 2.12. The average molecular weight is 404 g/mol. The van der Waals surface area contributed by atoms with Gasteiger partial charge in [-0.25, -0.2) is 9.97 Å². The number of aromatic nitrogens is 3. The maximum atomic E-state index is 12.7. The van der Waals surface area contributed by atoms with Crippen LogP contribution in [0.3, 0.4) is 0 Å². The number of benzene rings is 2. The van der Waals surface area contributed by atoms with Gasteiger partial charge in [0.25, 0.3) is 5.56 Å². The second kappa shape index (κ2) is 7.60. The number of hydrogen-bond donors (Lipinski definition) is 1. The molecule has 2 aromatic carbocycles. The van der Waals surface area contributed by atoms with E-state index in [0.29, 0.717) is 16.0 Å². The number of anilines is 1. The molecular weight excluding hydrogens is 384 g/mol. The van der Waals surface area contributed by atoms with Crippen molar-refractivity contribution in [2.45, 2.75) is 27.3 Å². The van der Waals surface area contributed by atoms with Gasteiger partial charge in [-0.2, -0.15) is 0 Å². The Labute approximate surface area is 171 Å². The first-order valence-electron chi connectivity index (χ1n) is 9.20. The van der Waals surface area contributed by atoms with E-state index < -0.39 is 0 Å². The molecule has 7 heteroatoms. The van der Waals surface area contributed by atoms with Gasteiger partial charge in [0.05, 0.1) is 22.9 Å². The first-order valence-corrected chi connectivity index (χ1v) is 10.1. The molecule has 0 fully saturated rings. The average Bonchev–Trinajstić information content (AvgIpc) is 3.12. The molecule has 0 aliphatic heterocycles. The highest BCUT2D eigenvalue weighted by molar-refractivity contribution is 7.14. The van der Waals surface area contributed by atoms with Gasteiger partial charge in [-0.15, -0.1) is 11.3 Å². The molecule has 4 aromatic rings. The summed E-state index contributed by atoms with van der Waals surface area (Å²) in [5.41, 5.74) is 5.55. The van der Waals surface area contributed by atoms with E-state index in [1.165, 1.54) is 27.8 Å². The van der Waals surface area contributed by atoms with Crippen molar-refractivity contribution in [3.63, 3.8) is 0 Å². The Kier molecular flexibility index (Phi) is 4.98. The van der Waals surface area contributed by atoms with Crippen LogP contribution in [0.25, 0.3) is 22.2 Å². The minimum atomic E-state index is -0.317. The van der Waals surface area contributed by atoms with Crippen molar-refractivity contribution in [1.29, 1.82) is 0 Å². The SMILES string of the molecule is Cc1ccc(-c2csc(NC(=O)Cn3cnc4c(C)cccc4c3=O)n2)c(C)c1. The maximum Gasteiger partial charge on any atom is 0.261 e. The number of thiazole rings is 1. The van der Waals surface area contributed by atoms with Gasteiger partial charge in [0.2, 0.25) is 5.91 Å². The van der Waals surface area contributed by atoms with E-state index in [-0.39, 0.29) is 18.0 Å². The third-order valence-electron chi connectivity index (χ3n) is 4.78. The van der Waals surface area contributed by atoms with Gasteiger partial charge >= 0.3 is 0 Å². The van der Waals surface area contributed by atoms with Gasteiger partial charge in [0.1, 0.15) is 6.54 Å². The van der Waals surface area contributed by atoms with Gasteiger partial charge in [-0.1, -0.05) is 35.9 Å². The fourth-order valence-corrected chi connectivity index (χ4v) is 4.05. The van der Waals surface area contributed by atoms with Crippen LogP contribution in [-0.4, -0.2) is 20.4 Å². The number of amides is 1. The number of hydrogen-bond acceptors (Lipinski definition) is 5. The van der Waals surface area contributed by atoms with Crippen LogP contribution in [0.1, 0.15) is 16.7 Å². The fraction of sp³-hybridized carbons (Fsp3) is 0.182. The predicted molar refractivity (Wildman–Crippen MR) is 116 cm³/mol. The molecule has 0 atom stereocenters. The fourth-order valence-electron chi connectivity index (χ4n) is 3.32. The van der Waals surface area contributed by atoms with Crippen molar-refractivity contribution in [3.8, 4) is 11.3 Å². The van der Waals surface area contributed by atoms with Crippen LogP contribution in [-0.2, 0) is 11.3 Å². The third kappa shape index (κ3) is 3.82. The van der Waals surface area contributed by atoms with E-state index in [1.807, 2.05) is 50.4 Å². The predicted octanol–water partition coefficient (Wildman–Crippen LogP) is 4.08. The van der Waals surface area contributed by atoms with Crippen LogP contribution in [0.2, 0.25) is 0 Å². The molecule has 0 radical (unpaired) electrons. The smallest absolute Gasteiger partial charge is 0.261 e. The first kappa shape index (κ1) is 19.0. The van der Waals surface area contributed by atoms with Crippen molar-refractivity contribution in [1.82, 2.24) is 14.5 Å².